The maximum atomic E-state index is 14.9. The summed E-state index contributed by atoms with van der Waals surface area (Å²) < 4.78 is 114. The first-order valence-electron chi connectivity index (χ1n) is 15.6. The van der Waals surface area contributed by atoms with Gasteiger partial charge in [0.25, 0.3) is 0 Å². The molecule has 0 radical (unpaired) electrons. The van der Waals surface area contributed by atoms with E-state index in [-0.39, 0.29) is 33.4 Å². The number of aromatic hydroxyl groups is 1. The van der Waals surface area contributed by atoms with Gasteiger partial charge in [0, 0.05) is 18.3 Å². The lowest BCUT2D eigenvalue weighted by Crippen LogP contribution is -2.43. The second-order valence-electron chi connectivity index (χ2n) is 13.3. The molecular formula is C36H32F6N2O6S. The Balaban J connectivity index is 1.64. The summed E-state index contributed by atoms with van der Waals surface area (Å²) in [6, 6.07) is 13.1. The highest BCUT2D eigenvalue weighted by atomic mass is 32.2. The predicted octanol–water partition coefficient (Wildman–Crippen LogP) is 7.52. The van der Waals surface area contributed by atoms with Crippen molar-refractivity contribution in [3.05, 3.63) is 123 Å². The van der Waals surface area contributed by atoms with E-state index in [1.165, 1.54) is 18.2 Å². The van der Waals surface area contributed by atoms with Gasteiger partial charge in [0.1, 0.15) is 17.1 Å². The quantitative estimate of drug-likeness (QED) is 0.0936. The van der Waals surface area contributed by atoms with Crippen LogP contribution in [0, 0.1) is 34.9 Å². The molecule has 4 aromatic carbocycles. The Labute approximate surface area is 289 Å². The van der Waals surface area contributed by atoms with Gasteiger partial charge in [-0.15, -0.1) is 0 Å². The number of nitrogens with zero attached hydrogens (tertiary/aromatic N) is 2. The van der Waals surface area contributed by atoms with Crippen LogP contribution in [0.2, 0.25) is 0 Å². The van der Waals surface area contributed by atoms with E-state index in [2.05, 4.69) is 0 Å². The van der Waals surface area contributed by atoms with Crippen LogP contribution >= 0.6 is 0 Å². The maximum Gasteiger partial charge on any atom is 0.339 e. The number of hydrogen-bond donors (Lipinski definition) is 2. The number of anilines is 1. The molecule has 4 aromatic rings. The van der Waals surface area contributed by atoms with E-state index in [9.17, 15) is 54.6 Å². The van der Waals surface area contributed by atoms with E-state index in [1.54, 1.807) is 0 Å². The lowest BCUT2D eigenvalue weighted by Gasteiger charge is -2.29. The summed E-state index contributed by atoms with van der Waals surface area (Å²) in [4.78, 5) is 24.6. The first-order valence-corrected chi connectivity index (χ1v) is 17.0. The standard InChI is InChI=1S/C36H32F6N2O6S/c1-36(2,3)23-12-20(11-22(14-23)21-7-8-21)17-44(25-9-10-26(35(47)48)27(45)15-25)28(46)18-43(16-19-5-4-6-24(37)13-19)51(49,50)34-32(41)30(39)29(38)31(40)33(34)42/h4-6,9-15,21,45H,7-8,16-18H2,1-3H3,(H,47,48). The van der Waals surface area contributed by atoms with Crippen molar-refractivity contribution in [2.75, 3.05) is 11.4 Å². The normalized spacial score (nSPS) is 13.5. The second kappa shape index (κ2) is 14.0. The van der Waals surface area contributed by atoms with Crippen molar-refractivity contribution in [2.24, 2.45) is 0 Å². The number of carbonyl (C=O) groups excluding carboxylic acids is 1. The highest BCUT2D eigenvalue weighted by Gasteiger charge is 2.39. The van der Waals surface area contributed by atoms with E-state index in [1.807, 2.05) is 39.0 Å². The largest absolute Gasteiger partial charge is 0.507 e. The Morgan fingerprint density at radius 1 is 0.804 bits per heavy atom. The second-order valence-corrected chi connectivity index (χ2v) is 15.2. The van der Waals surface area contributed by atoms with Gasteiger partial charge in [-0.2, -0.15) is 4.31 Å². The summed E-state index contributed by atoms with van der Waals surface area (Å²) in [6.45, 7) is 3.40. The molecule has 15 heteroatoms. The van der Waals surface area contributed by atoms with Gasteiger partial charge >= 0.3 is 5.97 Å². The van der Waals surface area contributed by atoms with Crippen molar-refractivity contribution in [3.63, 3.8) is 0 Å². The van der Waals surface area contributed by atoms with E-state index in [4.69, 9.17) is 0 Å². The van der Waals surface area contributed by atoms with Crippen molar-refractivity contribution < 1.29 is 54.6 Å². The average Bonchev–Trinajstić information content (AvgIpc) is 3.90. The molecule has 1 aliphatic rings. The monoisotopic (exact) mass is 734 g/mol. The van der Waals surface area contributed by atoms with Crippen molar-refractivity contribution in [2.45, 2.75) is 62.9 Å². The molecule has 0 heterocycles. The van der Waals surface area contributed by atoms with E-state index >= 15 is 0 Å². The summed E-state index contributed by atoms with van der Waals surface area (Å²) in [6.07, 6.45) is 1.87. The van der Waals surface area contributed by atoms with E-state index in [0.717, 1.165) is 53.1 Å². The van der Waals surface area contributed by atoms with Gasteiger partial charge in [-0.05, 0) is 70.7 Å². The number of carboxylic acids is 1. The molecule has 0 atom stereocenters. The third-order valence-electron chi connectivity index (χ3n) is 8.42. The average molecular weight is 735 g/mol. The molecule has 270 valence electrons. The number of sulfonamides is 1. The van der Waals surface area contributed by atoms with Crippen LogP contribution in [0.3, 0.4) is 0 Å². The fourth-order valence-corrected chi connectivity index (χ4v) is 7.00. The van der Waals surface area contributed by atoms with Gasteiger partial charge < -0.3 is 15.1 Å². The highest BCUT2D eigenvalue weighted by molar-refractivity contribution is 7.89. The number of benzene rings is 4. The molecule has 1 saturated carbocycles. The van der Waals surface area contributed by atoms with Crippen LogP contribution in [-0.4, -0.2) is 41.4 Å². The number of phenols is 1. The zero-order chi connectivity index (χ0) is 37.6. The van der Waals surface area contributed by atoms with Crippen LogP contribution in [0.15, 0.2) is 65.6 Å². The maximum absolute atomic E-state index is 14.9. The number of amides is 1. The number of aromatic carboxylic acids is 1. The number of carbonyl (C=O) groups is 2. The molecule has 0 aliphatic heterocycles. The summed E-state index contributed by atoms with van der Waals surface area (Å²) in [7, 11) is -5.74. The van der Waals surface area contributed by atoms with Crippen LogP contribution in [0.1, 0.15) is 72.1 Å². The van der Waals surface area contributed by atoms with Crippen molar-refractivity contribution in [1.29, 1.82) is 0 Å². The smallest absolute Gasteiger partial charge is 0.339 e. The molecule has 1 aliphatic carbocycles. The van der Waals surface area contributed by atoms with Gasteiger partial charge in [-0.1, -0.05) is 51.1 Å². The SMILES string of the molecule is CC(C)(C)c1cc(CN(C(=O)CN(Cc2cccc(F)c2)S(=O)(=O)c2c(F)c(F)c(F)c(F)c2F)c2ccc(C(=O)O)c(O)c2)cc(C2CC2)c1. The van der Waals surface area contributed by atoms with Gasteiger partial charge in [-0.25, -0.2) is 39.6 Å². The van der Waals surface area contributed by atoms with Gasteiger partial charge in [-0.3, -0.25) is 4.79 Å². The summed E-state index contributed by atoms with van der Waals surface area (Å²) in [5, 5.41) is 19.9. The molecule has 0 saturated heterocycles. The zero-order valence-corrected chi connectivity index (χ0v) is 28.3. The molecule has 0 bridgehead atoms. The van der Waals surface area contributed by atoms with Crippen molar-refractivity contribution >= 4 is 27.6 Å². The minimum Gasteiger partial charge on any atom is -0.507 e. The highest BCUT2D eigenvalue weighted by Crippen LogP contribution is 2.42. The molecule has 8 nitrogen and oxygen atoms in total. The Hall–Kier alpha value is -4.89. The third-order valence-corrected chi connectivity index (χ3v) is 10.2. The number of rotatable bonds is 11. The van der Waals surface area contributed by atoms with Crippen LogP contribution in [0.25, 0.3) is 0 Å². The molecule has 1 fully saturated rings. The Bertz CT molecular complexity index is 2120. The fourth-order valence-electron chi connectivity index (χ4n) is 5.51. The molecule has 0 spiro atoms. The summed E-state index contributed by atoms with van der Waals surface area (Å²) in [5.41, 5.74) is 1.32. The van der Waals surface area contributed by atoms with Gasteiger partial charge in [0.05, 0.1) is 13.1 Å². The topological polar surface area (TPSA) is 115 Å². The summed E-state index contributed by atoms with van der Waals surface area (Å²) in [5.74, 6) is -16.9. The van der Waals surface area contributed by atoms with Crippen LogP contribution in [-0.2, 0) is 33.3 Å². The zero-order valence-electron chi connectivity index (χ0n) is 27.5. The molecule has 51 heavy (non-hydrogen) atoms. The molecule has 0 unspecified atom stereocenters. The molecule has 5 rings (SSSR count). The van der Waals surface area contributed by atoms with Crippen LogP contribution in [0.4, 0.5) is 32.0 Å². The van der Waals surface area contributed by atoms with Crippen LogP contribution in [0.5, 0.6) is 5.75 Å². The van der Waals surface area contributed by atoms with Crippen molar-refractivity contribution in [1.82, 2.24) is 4.31 Å². The Morgan fingerprint density at radius 3 is 1.98 bits per heavy atom. The van der Waals surface area contributed by atoms with Gasteiger partial charge in [0.15, 0.2) is 28.2 Å². The lowest BCUT2D eigenvalue weighted by atomic mass is 9.84. The molecule has 1 amide bonds. The van der Waals surface area contributed by atoms with E-state index < -0.39 is 86.1 Å². The predicted molar refractivity (Wildman–Crippen MR) is 174 cm³/mol. The first-order chi connectivity index (χ1) is 23.8. The molecule has 2 N–H and O–H groups in total. The summed E-state index contributed by atoms with van der Waals surface area (Å²) >= 11 is 0. The fraction of sp³-hybridized carbons (Fsp3) is 0.278. The minimum absolute atomic E-state index is 0.115. The molecular weight excluding hydrogens is 702 g/mol. The Morgan fingerprint density at radius 2 is 1.43 bits per heavy atom. The number of hydrogen-bond acceptors (Lipinski definition) is 5. The number of carboxylic acid groups (broad SMARTS) is 1. The third kappa shape index (κ3) is 7.89. The Kier molecular flexibility index (Phi) is 10.3. The lowest BCUT2D eigenvalue weighted by molar-refractivity contribution is -0.119. The number of halogens is 6. The van der Waals surface area contributed by atoms with Gasteiger partial charge in [0.2, 0.25) is 21.7 Å². The minimum atomic E-state index is -5.74. The van der Waals surface area contributed by atoms with E-state index in [0.29, 0.717) is 5.56 Å². The van der Waals surface area contributed by atoms with Crippen LogP contribution < -0.4 is 4.90 Å². The first kappa shape index (κ1) is 37.4. The van der Waals surface area contributed by atoms with Crippen molar-refractivity contribution in [3.8, 4) is 5.75 Å². The molecule has 0 aromatic heterocycles.